The summed E-state index contributed by atoms with van der Waals surface area (Å²) < 4.78 is 14.8. The van der Waals surface area contributed by atoms with Gasteiger partial charge in [-0.2, -0.15) is 0 Å². The lowest BCUT2D eigenvalue weighted by molar-refractivity contribution is -0.142. The van der Waals surface area contributed by atoms with Crippen molar-refractivity contribution in [3.8, 4) is 0 Å². The molecule has 0 bridgehead atoms. The minimum atomic E-state index is -0.690. The van der Waals surface area contributed by atoms with Gasteiger partial charge in [-0.25, -0.2) is 9.59 Å². The van der Waals surface area contributed by atoms with Crippen molar-refractivity contribution in [2.24, 2.45) is 0 Å². The third kappa shape index (κ3) is 5.65. The van der Waals surface area contributed by atoms with Crippen molar-refractivity contribution in [3.63, 3.8) is 0 Å². The van der Waals surface area contributed by atoms with E-state index in [1.807, 2.05) is 0 Å². The third-order valence-corrected chi connectivity index (χ3v) is 2.97. The lowest BCUT2D eigenvalue weighted by atomic mass is 10.2. The number of nitrogens with one attached hydrogen (secondary N) is 1. The average Bonchev–Trinajstić information content (AvgIpc) is 3.12. The number of benzene rings is 1. The molecule has 0 aliphatic heterocycles. The van der Waals surface area contributed by atoms with Gasteiger partial charge in [0.25, 0.3) is 5.91 Å². The van der Waals surface area contributed by atoms with Crippen molar-refractivity contribution >= 4 is 29.6 Å². The highest BCUT2D eigenvalue weighted by atomic mass is 16.5. The van der Waals surface area contributed by atoms with Gasteiger partial charge in [0.2, 0.25) is 0 Å². The van der Waals surface area contributed by atoms with E-state index in [9.17, 15) is 14.4 Å². The number of amides is 1. The monoisotopic (exact) mass is 343 g/mol. The number of para-hydroxylation sites is 1. The fraction of sp³-hybridized carbons (Fsp3) is 0.167. The molecule has 1 N–H and O–H groups in total. The number of esters is 2. The zero-order valence-electron chi connectivity index (χ0n) is 13.6. The summed E-state index contributed by atoms with van der Waals surface area (Å²) in [5, 5.41) is 2.52. The second-order valence-corrected chi connectivity index (χ2v) is 4.77. The van der Waals surface area contributed by atoms with Crippen LogP contribution in [0.1, 0.15) is 23.0 Å². The molecule has 0 unspecified atom stereocenters. The maximum Gasteiger partial charge on any atom is 0.340 e. The zero-order valence-corrected chi connectivity index (χ0v) is 13.6. The Kier molecular flexibility index (Phi) is 6.53. The SMILES string of the molecule is CCOC(=O)c1ccccc1NC(=O)COC(=O)/C=C/c1ccco1. The van der Waals surface area contributed by atoms with E-state index in [1.165, 1.54) is 18.4 Å². The highest BCUT2D eigenvalue weighted by molar-refractivity contribution is 6.02. The zero-order chi connectivity index (χ0) is 18.1. The van der Waals surface area contributed by atoms with Crippen LogP contribution >= 0.6 is 0 Å². The first-order valence-corrected chi connectivity index (χ1v) is 7.54. The molecule has 2 rings (SSSR count). The largest absolute Gasteiger partial charge is 0.465 e. The van der Waals surface area contributed by atoms with E-state index in [0.29, 0.717) is 5.76 Å². The van der Waals surface area contributed by atoms with E-state index in [-0.39, 0.29) is 17.9 Å². The summed E-state index contributed by atoms with van der Waals surface area (Å²) in [4.78, 5) is 35.3. The molecule has 1 aromatic carbocycles. The Morgan fingerprint density at radius 3 is 2.64 bits per heavy atom. The molecule has 25 heavy (non-hydrogen) atoms. The predicted octanol–water partition coefficient (Wildman–Crippen LogP) is 2.65. The van der Waals surface area contributed by atoms with Crippen LogP contribution in [-0.2, 0) is 19.1 Å². The molecule has 0 saturated carbocycles. The van der Waals surface area contributed by atoms with Crippen LogP contribution in [0.2, 0.25) is 0 Å². The van der Waals surface area contributed by atoms with Crippen molar-refractivity contribution in [2.75, 3.05) is 18.5 Å². The molecule has 2 aromatic rings. The fourth-order valence-corrected chi connectivity index (χ4v) is 1.89. The minimum Gasteiger partial charge on any atom is -0.465 e. The Morgan fingerprint density at radius 2 is 1.92 bits per heavy atom. The smallest absolute Gasteiger partial charge is 0.340 e. The fourth-order valence-electron chi connectivity index (χ4n) is 1.89. The Hall–Kier alpha value is -3.35. The molecule has 1 aromatic heterocycles. The van der Waals surface area contributed by atoms with Crippen LogP contribution in [0.4, 0.5) is 5.69 Å². The van der Waals surface area contributed by atoms with E-state index in [4.69, 9.17) is 13.9 Å². The first-order chi connectivity index (χ1) is 12.1. The molecule has 0 aliphatic carbocycles. The van der Waals surface area contributed by atoms with Gasteiger partial charge in [-0.1, -0.05) is 12.1 Å². The van der Waals surface area contributed by atoms with Crippen molar-refractivity contribution in [1.82, 2.24) is 0 Å². The van der Waals surface area contributed by atoms with Crippen molar-refractivity contribution < 1.29 is 28.3 Å². The lowest BCUT2D eigenvalue weighted by Gasteiger charge is -2.10. The number of anilines is 1. The number of ether oxygens (including phenoxy) is 2. The van der Waals surface area contributed by atoms with Gasteiger partial charge in [-0.3, -0.25) is 4.79 Å². The van der Waals surface area contributed by atoms with E-state index < -0.39 is 24.5 Å². The molecule has 1 heterocycles. The summed E-state index contributed by atoms with van der Waals surface area (Å²) >= 11 is 0. The summed E-state index contributed by atoms with van der Waals surface area (Å²) in [7, 11) is 0. The molecule has 0 atom stereocenters. The maximum absolute atomic E-state index is 11.9. The Labute approximate surface area is 144 Å². The molecule has 7 heteroatoms. The number of rotatable bonds is 7. The standard InChI is InChI=1S/C18H17NO6/c1-2-23-18(22)14-7-3-4-8-15(14)19-16(20)12-25-17(21)10-9-13-6-5-11-24-13/h3-11H,2,12H2,1H3,(H,19,20)/b10-9+. The second-order valence-electron chi connectivity index (χ2n) is 4.77. The molecule has 0 radical (unpaired) electrons. The molecule has 0 spiro atoms. The highest BCUT2D eigenvalue weighted by Gasteiger charge is 2.14. The van der Waals surface area contributed by atoms with Gasteiger partial charge in [0.05, 0.1) is 24.1 Å². The molecule has 1 amide bonds. The van der Waals surface area contributed by atoms with E-state index in [2.05, 4.69) is 5.32 Å². The summed E-state index contributed by atoms with van der Waals surface area (Å²) in [5.41, 5.74) is 0.509. The summed E-state index contributed by atoms with van der Waals surface area (Å²) in [6.45, 7) is 1.42. The van der Waals surface area contributed by atoms with Crippen LogP contribution in [0.15, 0.2) is 53.2 Å². The normalized spacial score (nSPS) is 10.4. The highest BCUT2D eigenvalue weighted by Crippen LogP contribution is 2.16. The molecule has 0 fully saturated rings. The van der Waals surface area contributed by atoms with Gasteiger partial charge < -0.3 is 19.2 Å². The second kappa shape index (κ2) is 9.07. The summed E-state index contributed by atoms with van der Waals surface area (Å²) in [6, 6.07) is 9.76. The third-order valence-electron chi connectivity index (χ3n) is 2.97. The van der Waals surface area contributed by atoms with Crippen molar-refractivity contribution in [3.05, 3.63) is 60.1 Å². The van der Waals surface area contributed by atoms with Gasteiger partial charge in [0.15, 0.2) is 6.61 Å². The number of carbonyl (C=O) groups excluding carboxylic acids is 3. The molecule has 130 valence electrons. The Bertz CT molecular complexity index is 764. The van der Waals surface area contributed by atoms with Crippen LogP contribution in [-0.4, -0.2) is 31.1 Å². The number of furan rings is 1. The van der Waals surface area contributed by atoms with Crippen LogP contribution in [0.3, 0.4) is 0 Å². The van der Waals surface area contributed by atoms with E-state index in [1.54, 1.807) is 37.3 Å². The number of hydrogen-bond acceptors (Lipinski definition) is 6. The first-order valence-electron chi connectivity index (χ1n) is 7.54. The molecular formula is C18H17NO6. The van der Waals surface area contributed by atoms with Crippen molar-refractivity contribution in [2.45, 2.75) is 6.92 Å². The number of carbonyl (C=O) groups is 3. The van der Waals surface area contributed by atoms with Gasteiger partial charge in [-0.05, 0) is 37.3 Å². The quantitative estimate of drug-likeness (QED) is 0.613. The molecule has 7 nitrogen and oxygen atoms in total. The maximum atomic E-state index is 11.9. The Balaban J connectivity index is 1.88. The molecule has 0 aliphatic rings. The van der Waals surface area contributed by atoms with Gasteiger partial charge in [0.1, 0.15) is 5.76 Å². The minimum absolute atomic E-state index is 0.223. The average molecular weight is 343 g/mol. The predicted molar refractivity (Wildman–Crippen MR) is 89.7 cm³/mol. The Morgan fingerprint density at radius 1 is 1.12 bits per heavy atom. The van der Waals surface area contributed by atoms with E-state index in [0.717, 1.165) is 6.08 Å². The van der Waals surface area contributed by atoms with Crippen LogP contribution in [0, 0.1) is 0 Å². The van der Waals surface area contributed by atoms with Gasteiger partial charge >= 0.3 is 11.9 Å². The van der Waals surface area contributed by atoms with Gasteiger partial charge in [-0.15, -0.1) is 0 Å². The topological polar surface area (TPSA) is 94.8 Å². The van der Waals surface area contributed by atoms with Crippen LogP contribution in [0.5, 0.6) is 0 Å². The molecule has 0 saturated heterocycles. The summed E-state index contributed by atoms with van der Waals surface area (Å²) in [5.74, 6) is -1.32. The van der Waals surface area contributed by atoms with Crippen LogP contribution in [0.25, 0.3) is 6.08 Å². The van der Waals surface area contributed by atoms with Gasteiger partial charge in [0, 0.05) is 6.08 Å². The molecular weight excluding hydrogens is 326 g/mol. The van der Waals surface area contributed by atoms with Crippen molar-refractivity contribution in [1.29, 1.82) is 0 Å². The van der Waals surface area contributed by atoms with E-state index >= 15 is 0 Å². The lowest BCUT2D eigenvalue weighted by Crippen LogP contribution is -2.21. The first kappa shape index (κ1) is 18.0. The summed E-state index contributed by atoms with van der Waals surface area (Å²) in [6.07, 6.45) is 4.05. The number of hydrogen-bond donors (Lipinski definition) is 1. The van der Waals surface area contributed by atoms with Crippen LogP contribution < -0.4 is 5.32 Å².